The first-order valence-corrected chi connectivity index (χ1v) is 10.00. The summed E-state index contributed by atoms with van der Waals surface area (Å²) in [5.41, 5.74) is 4.43. The minimum Gasteiger partial charge on any atom is -0.480 e. The van der Waals surface area contributed by atoms with Crippen molar-refractivity contribution in [3.05, 3.63) is 59.2 Å². The van der Waals surface area contributed by atoms with E-state index in [-0.39, 0.29) is 5.91 Å². The van der Waals surface area contributed by atoms with Gasteiger partial charge >= 0.3 is 0 Å². The molecule has 0 aliphatic carbocycles. The molecule has 1 atom stereocenters. The van der Waals surface area contributed by atoms with Crippen LogP contribution < -0.4 is 15.0 Å². The topological polar surface area (TPSA) is 50.8 Å². The van der Waals surface area contributed by atoms with Crippen molar-refractivity contribution >= 4 is 11.6 Å². The Hall–Kier alpha value is -2.53. The number of benzene rings is 2. The van der Waals surface area contributed by atoms with E-state index in [0.717, 1.165) is 48.7 Å². The Morgan fingerprint density at radius 2 is 1.86 bits per heavy atom. The fourth-order valence-corrected chi connectivity index (χ4v) is 3.26. The van der Waals surface area contributed by atoms with E-state index in [0.29, 0.717) is 13.0 Å². The molecule has 1 N–H and O–H groups in total. The number of carbonyl (C=O) groups excluding carboxylic acids is 1. The summed E-state index contributed by atoms with van der Waals surface area (Å²) in [5.74, 6) is 0.692. The number of hydrogen-bond acceptors (Lipinski definition) is 4. The van der Waals surface area contributed by atoms with Gasteiger partial charge in [-0.3, -0.25) is 4.79 Å². The lowest BCUT2D eigenvalue weighted by Gasteiger charge is -2.29. The Morgan fingerprint density at radius 3 is 2.54 bits per heavy atom. The van der Waals surface area contributed by atoms with Gasteiger partial charge in [-0.05, 0) is 55.2 Å². The highest BCUT2D eigenvalue weighted by Gasteiger charge is 2.19. The standard InChI is InChI=1S/C23H30N2O3/c1-4-21(28-22-15-17(2)5-6-18(22)3)23(26)24-16-19-7-9-20(10-8-19)25-11-13-27-14-12-25/h5-10,15,21H,4,11-14,16H2,1-3H3,(H,24,26). The predicted octanol–water partition coefficient (Wildman–Crippen LogP) is 3.61. The van der Waals surface area contributed by atoms with Crippen LogP contribution in [0.5, 0.6) is 5.75 Å². The molecule has 0 spiro atoms. The van der Waals surface area contributed by atoms with Crippen molar-refractivity contribution in [1.29, 1.82) is 0 Å². The first kappa shape index (κ1) is 20.2. The molecule has 1 unspecified atom stereocenters. The van der Waals surface area contributed by atoms with Crippen molar-refractivity contribution in [2.45, 2.75) is 39.8 Å². The second-order valence-electron chi connectivity index (χ2n) is 7.27. The molecular weight excluding hydrogens is 352 g/mol. The third kappa shape index (κ3) is 5.26. The van der Waals surface area contributed by atoms with Crippen molar-refractivity contribution < 1.29 is 14.3 Å². The summed E-state index contributed by atoms with van der Waals surface area (Å²) >= 11 is 0. The average molecular weight is 383 g/mol. The lowest BCUT2D eigenvalue weighted by Crippen LogP contribution is -2.37. The molecule has 1 heterocycles. The smallest absolute Gasteiger partial charge is 0.261 e. The van der Waals surface area contributed by atoms with Crippen molar-refractivity contribution in [2.24, 2.45) is 0 Å². The largest absolute Gasteiger partial charge is 0.480 e. The van der Waals surface area contributed by atoms with Gasteiger partial charge in [0.15, 0.2) is 6.10 Å². The van der Waals surface area contributed by atoms with E-state index in [4.69, 9.17) is 9.47 Å². The van der Waals surface area contributed by atoms with E-state index >= 15 is 0 Å². The number of carbonyl (C=O) groups is 1. The lowest BCUT2D eigenvalue weighted by molar-refractivity contribution is -0.128. The van der Waals surface area contributed by atoms with Gasteiger partial charge in [-0.25, -0.2) is 0 Å². The highest BCUT2D eigenvalue weighted by molar-refractivity contribution is 5.81. The van der Waals surface area contributed by atoms with Gasteiger partial charge in [0.2, 0.25) is 0 Å². The molecule has 0 radical (unpaired) electrons. The van der Waals surface area contributed by atoms with Crippen LogP contribution in [-0.4, -0.2) is 38.3 Å². The SMILES string of the molecule is CCC(Oc1cc(C)ccc1C)C(=O)NCc1ccc(N2CCOCC2)cc1. The summed E-state index contributed by atoms with van der Waals surface area (Å²) in [4.78, 5) is 14.9. The summed E-state index contributed by atoms with van der Waals surface area (Å²) in [6.07, 6.45) is 0.128. The third-order valence-electron chi connectivity index (χ3n) is 5.06. The first-order chi connectivity index (χ1) is 13.6. The van der Waals surface area contributed by atoms with Gasteiger partial charge in [-0.1, -0.05) is 31.2 Å². The Kier molecular flexibility index (Phi) is 6.93. The van der Waals surface area contributed by atoms with E-state index in [1.54, 1.807) is 0 Å². The van der Waals surface area contributed by atoms with Gasteiger partial charge in [0.25, 0.3) is 5.91 Å². The van der Waals surface area contributed by atoms with Crippen LogP contribution in [0.25, 0.3) is 0 Å². The molecule has 1 fully saturated rings. The number of aryl methyl sites for hydroxylation is 2. The molecule has 1 saturated heterocycles. The molecule has 1 aliphatic heterocycles. The number of ether oxygens (including phenoxy) is 2. The minimum atomic E-state index is -0.492. The van der Waals surface area contributed by atoms with E-state index in [2.05, 4.69) is 34.5 Å². The zero-order chi connectivity index (χ0) is 19.9. The van der Waals surface area contributed by atoms with Gasteiger partial charge in [0.05, 0.1) is 13.2 Å². The average Bonchev–Trinajstić information content (AvgIpc) is 2.73. The van der Waals surface area contributed by atoms with Gasteiger partial charge in [-0.15, -0.1) is 0 Å². The lowest BCUT2D eigenvalue weighted by atomic mass is 10.1. The molecular formula is C23H30N2O3. The maximum Gasteiger partial charge on any atom is 0.261 e. The maximum atomic E-state index is 12.6. The number of nitrogens with zero attached hydrogens (tertiary/aromatic N) is 1. The van der Waals surface area contributed by atoms with Crippen LogP contribution in [0.4, 0.5) is 5.69 Å². The number of nitrogens with one attached hydrogen (secondary N) is 1. The van der Waals surface area contributed by atoms with Crippen molar-refractivity contribution in [3.63, 3.8) is 0 Å². The van der Waals surface area contributed by atoms with Crippen LogP contribution in [0.3, 0.4) is 0 Å². The first-order valence-electron chi connectivity index (χ1n) is 10.00. The molecule has 1 aliphatic rings. The Bertz CT molecular complexity index is 783. The quantitative estimate of drug-likeness (QED) is 0.795. The summed E-state index contributed by atoms with van der Waals surface area (Å²) in [6.45, 7) is 9.87. The molecule has 0 saturated carbocycles. The molecule has 150 valence electrons. The van der Waals surface area contributed by atoms with Gasteiger partial charge in [-0.2, -0.15) is 0 Å². The number of anilines is 1. The van der Waals surface area contributed by atoms with Crippen molar-refractivity contribution in [1.82, 2.24) is 5.32 Å². The van der Waals surface area contributed by atoms with Crippen LogP contribution >= 0.6 is 0 Å². The summed E-state index contributed by atoms with van der Waals surface area (Å²) in [5, 5.41) is 3.01. The fourth-order valence-electron chi connectivity index (χ4n) is 3.26. The van der Waals surface area contributed by atoms with E-state index in [1.807, 2.05) is 39.0 Å². The molecule has 5 nitrogen and oxygen atoms in total. The monoisotopic (exact) mass is 382 g/mol. The van der Waals surface area contributed by atoms with Crippen LogP contribution in [0.15, 0.2) is 42.5 Å². The van der Waals surface area contributed by atoms with Crippen LogP contribution in [-0.2, 0) is 16.1 Å². The summed E-state index contributed by atoms with van der Waals surface area (Å²) < 4.78 is 11.4. The molecule has 2 aromatic carbocycles. The van der Waals surface area contributed by atoms with E-state index in [1.165, 1.54) is 5.69 Å². The fraction of sp³-hybridized carbons (Fsp3) is 0.435. The highest BCUT2D eigenvalue weighted by atomic mass is 16.5. The normalized spacial score (nSPS) is 15.2. The van der Waals surface area contributed by atoms with Crippen LogP contribution in [0.2, 0.25) is 0 Å². The van der Waals surface area contributed by atoms with E-state index in [9.17, 15) is 4.79 Å². The Labute approximate surface area is 167 Å². The minimum absolute atomic E-state index is 0.0827. The second kappa shape index (κ2) is 9.60. The number of amides is 1. The molecule has 28 heavy (non-hydrogen) atoms. The van der Waals surface area contributed by atoms with Gasteiger partial charge in [0.1, 0.15) is 5.75 Å². The zero-order valence-corrected chi connectivity index (χ0v) is 17.0. The molecule has 5 heteroatoms. The number of morpholine rings is 1. The number of rotatable bonds is 7. The highest BCUT2D eigenvalue weighted by Crippen LogP contribution is 2.21. The number of hydrogen-bond donors (Lipinski definition) is 1. The Morgan fingerprint density at radius 1 is 1.14 bits per heavy atom. The molecule has 3 rings (SSSR count). The van der Waals surface area contributed by atoms with E-state index < -0.39 is 6.10 Å². The zero-order valence-electron chi connectivity index (χ0n) is 17.0. The van der Waals surface area contributed by atoms with Crippen LogP contribution in [0, 0.1) is 13.8 Å². The predicted molar refractivity (Wildman–Crippen MR) is 112 cm³/mol. The van der Waals surface area contributed by atoms with Crippen molar-refractivity contribution in [2.75, 3.05) is 31.2 Å². The molecule has 0 bridgehead atoms. The molecule has 2 aromatic rings. The van der Waals surface area contributed by atoms with Gasteiger partial charge < -0.3 is 19.7 Å². The molecule has 1 amide bonds. The Balaban J connectivity index is 1.55. The van der Waals surface area contributed by atoms with Crippen molar-refractivity contribution in [3.8, 4) is 5.75 Å². The summed E-state index contributed by atoms with van der Waals surface area (Å²) in [7, 11) is 0. The second-order valence-corrected chi connectivity index (χ2v) is 7.27. The maximum absolute atomic E-state index is 12.6. The molecule has 0 aromatic heterocycles. The summed E-state index contributed by atoms with van der Waals surface area (Å²) in [6, 6.07) is 14.4. The van der Waals surface area contributed by atoms with Crippen LogP contribution in [0.1, 0.15) is 30.0 Å². The third-order valence-corrected chi connectivity index (χ3v) is 5.06. The van der Waals surface area contributed by atoms with Gasteiger partial charge in [0, 0.05) is 25.3 Å².